The van der Waals surface area contributed by atoms with Gasteiger partial charge in [-0.25, -0.2) is 0 Å². The van der Waals surface area contributed by atoms with Crippen molar-refractivity contribution in [3.8, 4) is 0 Å². The summed E-state index contributed by atoms with van der Waals surface area (Å²) in [6, 6.07) is 0.562. The topological polar surface area (TPSA) is 132 Å². The van der Waals surface area contributed by atoms with Gasteiger partial charge in [0.25, 0.3) is 0 Å². The van der Waals surface area contributed by atoms with Crippen LogP contribution in [0.1, 0.15) is 25.7 Å². The maximum absolute atomic E-state index is 8.93. The molecule has 15 heavy (non-hydrogen) atoms. The fraction of sp³-hybridized carbons (Fsp3) is 0.750. The first-order chi connectivity index (χ1) is 6.45. The van der Waals surface area contributed by atoms with Gasteiger partial charge in [-0.05, 0) is 12.8 Å². The van der Waals surface area contributed by atoms with Crippen LogP contribution in [0.5, 0.6) is 0 Å². The van der Waals surface area contributed by atoms with Crippen molar-refractivity contribution < 1.29 is 40.9 Å². The van der Waals surface area contributed by atoms with Crippen LogP contribution in [0.15, 0.2) is 0 Å². The van der Waals surface area contributed by atoms with Gasteiger partial charge in [-0.1, -0.05) is 12.8 Å². The molecule has 0 unspecified atom stereocenters. The van der Waals surface area contributed by atoms with Crippen molar-refractivity contribution in [3.63, 3.8) is 0 Å². The Hall–Kier alpha value is -0.452. The first kappa shape index (κ1) is 17.0. The number of carboxylic acid groups (broad SMARTS) is 2. The fourth-order valence-corrected chi connectivity index (χ4v) is 1.19. The van der Waals surface area contributed by atoms with Crippen molar-refractivity contribution in [1.29, 1.82) is 0 Å². The number of hydrogen-bond donors (Lipinski definition) is 2. The normalized spacial score (nSPS) is 24.1. The van der Waals surface area contributed by atoms with Crippen LogP contribution in [-0.2, 0) is 30.7 Å². The summed E-state index contributed by atoms with van der Waals surface area (Å²) in [5.74, 6) is -4.37. The molecule has 0 bridgehead atoms. The van der Waals surface area contributed by atoms with E-state index < -0.39 is 11.9 Å². The van der Waals surface area contributed by atoms with Gasteiger partial charge in [0.1, 0.15) is 0 Å². The molecule has 4 N–H and O–H groups in total. The van der Waals surface area contributed by atoms with Crippen LogP contribution in [0.3, 0.4) is 0 Å². The molecule has 1 saturated carbocycles. The number of carboxylic acids is 2. The molecular weight excluding hydrogens is 383 g/mol. The maximum Gasteiger partial charge on any atom is 2.00 e. The molecule has 0 radical (unpaired) electrons. The number of rotatable bonds is 0. The van der Waals surface area contributed by atoms with Gasteiger partial charge in [-0.2, -0.15) is 0 Å². The number of carbonyl (C=O) groups is 2. The van der Waals surface area contributed by atoms with Gasteiger partial charge in [0.05, 0.1) is 11.9 Å². The van der Waals surface area contributed by atoms with E-state index in [0.717, 1.165) is 12.8 Å². The number of hydrogen-bond acceptors (Lipinski definition) is 6. The molecule has 0 spiro atoms. The number of nitrogens with two attached hydrogens (primary N) is 2. The SMILES string of the molecule is N[C@H]1CCCC[C@@H]1N.O=C([O-])C(=O)[O-].[Pt+2]. The van der Waals surface area contributed by atoms with Crippen molar-refractivity contribution in [3.05, 3.63) is 0 Å². The minimum absolute atomic E-state index is 0. The van der Waals surface area contributed by atoms with E-state index in [0.29, 0.717) is 0 Å². The predicted molar refractivity (Wildman–Crippen MR) is 44.4 cm³/mol. The van der Waals surface area contributed by atoms with Gasteiger partial charge in [-0.15, -0.1) is 0 Å². The molecule has 0 aromatic carbocycles. The Morgan fingerprint density at radius 2 is 1.20 bits per heavy atom. The third-order valence-electron chi connectivity index (χ3n) is 2.04. The number of carbonyl (C=O) groups excluding carboxylic acids is 2. The Morgan fingerprint density at radius 1 is 0.933 bits per heavy atom. The molecule has 1 aliphatic rings. The molecule has 1 aliphatic carbocycles. The number of aliphatic carboxylic acids is 2. The Kier molecular flexibility index (Phi) is 9.98. The van der Waals surface area contributed by atoms with E-state index >= 15 is 0 Å². The van der Waals surface area contributed by atoms with E-state index in [2.05, 4.69) is 0 Å². The average molecular weight is 397 g/mol. The van der Waals surface area contributed by atoms with Crippen molar-refractivity contribution in [2.75, 3.05) is 0 Å². The van der Waals surface area contributed by atoms with Gasteiger partial charge in [0.15, 0.2) is 0 Å². The van der Waals surface area contributed by atoms with Crippen LogP contribution in [0.25, 0.3) is 0 Å². The molecule has 6 nitrogen and oxygen atoms in total. The van der Waals surface area contributed by atoms with E-state index in [9.17, 15) is 0 Å². The minimum Gasteiger partial charge on any atom is -0.543 e. The summed E-state index contributed by atoms with van der Waals surface area (Å²) >= 11 is 0. The molecule has 0 aromatic heterocycles. The zero-order chi connectivity index (χ0) is 11.1. The summed E-state index contributed by atoms with van der Waals surface area (Å²) in [6.45, 7) is 0. The summed E-state index contributed by atoms with van der Waals surface area (Å²) in [5.41, 5.74) is 11.3. The maximum atomic E-state index is 8.93. The first-order valence-electron chi connectivity index (χ1n) is 4.38. The van der Waals surface area contributed by atoms with Gasteiger partial charge in [0, 0.05) is 12.1 Å². The van der Waals surface area contributed by atoms with Crippen LogP contribution in [0.2, 0.25) is 0 Å². The van der Waals surface area contributed by atoms with Crippen LogP contribution in [0, 0.1) is 0 Å². The molecular formula is C8H14N2O4Pt. The Balaban J connectivity index is 0. The van der Waals surface area contributed by atoms with E-state index in [-0.39, 0.29) is 33.1 Å². The summed E-state index contributed by atoms with van der Waals surface area (Å²) in [5, 5.41) is 17.9. The molecule has 0 heterocycles. The van der Waals surface area contributed by atoms with Gasteiger partial charge in [0.2, 0.25) is 0 Å². The second kappa shape index (κ2) is 8.82. The second-order valence-electron chi connectivity index (χ2n) is 3.19. The van der Waals surface area contributed by atoms with Crippen molar-refractivity contribution in [1.82, 2.24) is 0 Å². The Bertz CT molecular complexity index is 191. The standard InChI is InChI=1S/C6H14N2.C2H2O4.Pt/c7-5-3-1-2-4-6(5)8;3-1(4)2(5)6;/h5-6H,1-4,7-8H2;(H,3,4)(H,5,6);/q;;+2/p-2/t5-,6-;;/m0../s1. The molecule has 0 aromatic rings. The van der Waals surface area contributed by atoms with Crippen LogP contribution in [0.4, 0.5) is 0 Å². The van der Waals surface area contributed by atoms with Crippen molar-refractivity contribution in [2.45, 2.75) is 37.8 Å². The van der Waals surface area contributed by atoms with Gasteiger partial charge < -0.3 is 31.3 Å². The molecule has 0 aliphatic heterocycles. The largest absolute Gasteiger partial charge is 2.00 e. The summed E-state index contributed by atoms with van der Waals surface area (Å²) in [4.78, 5) is 17.9. The van der Waals surface area contributed by atoms with Crippen molar-refractivity contribution in [2.24, 2.45) is 11.5 Å². The zero-order valence-corrected chi connectivity index (χ0v) is 10.4. The summed E-state index contributed by atoms with van der Waals surface area (Å²) < 4.78 is 0. The predicted octanol–water partition coefficient (Wildman–Crippen LogP) is -3.30. The smallest absolute Gasteiger partial charge is 0.543 e. The molecule has 1 rings (SSSR count). The van der Waals surface area contributed by atoms with Crippen LogP contribution in [-0.4, -0.2) is 24.0 Å². The third-order valence-corrected chi connectivity index (χ3v) is 2.04. The average Bonchev–Trinajstić information content (AvgIpc) is 2.11. The van der Waals surface area contributed by atoms with Crippen LogP contribution < -0.4 is 21.7 Å². The van der Waals surface area contributed by atoms with E-state index in [4.69, 9.17) is 31.3 Å². The first-order valence-corrected chi connectivity index (χ1v) is 4.38. The third kappa shape index (κ3) is 8.54. The zero-order valence-electron chi connectivity index (χ0n) is 8.09. The van der Waals surface area contributed by atoms with E-state index in [1.807, 2.05) is 0 Å². The monoisotopic (exact) mass is 397 g/mol. The summed E-state index contributed by atoms with van der Waals surface area (Å²) in [7, 11) is 0. The fourth-order valence-electron chi connectivity index (χ4n) is 1.19. The molecule has 1 fully saturated rings. The molecule has 7 heteroatoms. The van der Waals surface area contributed by atoms with Crippen molar-refractivity contribution >= 4 is 11.9 Å². The Labute approximate surface area is 102 Å². The van der Waals surface area contributed by atoms with Gasteiger partial charge >= 0.3 is 21.1 Å². The molecule has 90 valence electrons. The van der Waals surface area contributed by atoms with E-state index in [1.165, 1.54) is 12.8 Å². The molecule has 0 saturated heterocycles. The van der Waals surface area contributed by atoms with Crippen LogP contribution >= 0.6 is 0 Å². The van der Waals surface area contributed by atoms with E-state index in [1.54, 1.807) is 0 Å². The Morgan fingerprint density at radius 3 is 1.33 bits per heavy atom. The second-order valence-corrected chi connectivity index (χ2v) is 3.19. The minimum atomic E-state index is -2.19. The molecule has 2 atom stereocenters. The summed E-state index contributed by atoms with van der Waals surface area (Å²) in [6.07, 6.45) is 4.80. The quantitative estimate of drug-likeness (QED) is 0.412. The van der Waals surface area contributed by atoms with Gasteiger partial charge in [-0.3, -0.25) is 0 Å². The molecule has 0 amide bonds.